The fourth-order valence-electron chi connectivity index (χ4n) is 4.87. The quantitative estimate of drug-likeness (QED) is 0.667. The molecule has 5 rings (SSSR count). The van der Waals surface area contributed by atoms with Gasteiger partial charge in [0.05, 0.1) is 11.6 Å². The summed E-state index contributed by atoms with van der Waals surface area (Å²) in [6.45, 7) is 5.24. The molecule has 2 aliphatic rings. The van der Waals surface area contributed by atoms with Crippen molar-refractivity contribution in [3.63, 3.8) is 0 Å². The van der Waals surface area contributed by atoms with Crippen LogP contribution in [0.15, 0.2) is 42.5 Å². The highest BCUT2D eigenvalue weighted by molar-refractivity contribution is 6.05. The maximum Gasteiger partial charge on any atom is 0.273 e. The molecule has 2 aliphatic heterocycles. The molecule has 0 spiro atoms. The minimum absolute atomic E-state index is 0.0792. The zero-order chi connectivity index (χ0) is 23.1. The number of amides is 2. The van der Waals surface area contributed by atoms with Gasteiger partial charge in [0.15, 0.2) is 0 Å². The number of piperazine rings is 1. The number of likely N-dealkylation sites (N-methyl/N-ethyl adjacent to an activating group) is 1. The molecule has 170 valence electrons. The van der Waals surface area contributed by atoms with Crippen molar-refractivity contribution < 1.29 is 9.59 Å². The Morgan fingerprint density at radius 3 is 2.48 bits per heavy atom. The molecule has 0 aliphatic carbocycles. The molecular weight excluding hydrogens is 416 g/mol. The molecule has 0 saturated carbocycles. The monoisotopic (exact) mass is 444 g/mol. The van der Waals surface area contributed by atoms with E-state index in [0.29, 0.717) is 42.7 Å². The SMILES string of the molecule is CCC(=O)N1CCN(C)CC1c1ccc2nc(N)nc(C(=O)N3Cc4ccccc4C3)c2c1. The van der Waals surface area contributed by atoms with Gasteiger partial charge in [0.2, 0.25) is 11.9 Å². The predicted octanol–water partition coefficient (Wildman–Crippen LogP) is 2.59. The van der Waals surface area contributed by atoms with Gasteiger partial charge >= 0.3 is 0 Å². The number of aromatic nitrogens is 2. The fourth-order valence-corrected chi connectivity index (χ4v) is 4.87. The van der Waals surface area contributed by atoms with Gasteiger partial charge in [0.25, 0.3) is 5.91 Å². The summed E-state index contributed by atoms with van der Waals surface area (Å²) in [6, 6.07) is 13.8. The first-order chi connectivity index (χ1) is 15.9. The number of carbonyl (C=O) groups excluding carboxylic acids is 2. The van der Waals surface area contributed by atoms with Gasteiger partial charge < -0.3 is 20.4 Å². The molecule has 1 unspecified atom stereocenters. The van der Waals surface area contributed by atoms with Crippen molar-refractivity contribution in [3.8, 4) is 0 Å². The third-order valence-corrected chi connectivity index (χ3v) is 6.66. The second-order valence-corrected chi connectivity index (χ2v) is 8.86. The van der Waals surface area contributed by atoms with Gasteiger partial charge in [-0.15, -0.1) is 0 Å². The van der Waals surface area contributed by atoms with E-state index in [1.165, 1.54) is 0 Å². The van der Waals surface area contributed by atoms with Crippen LogP contribution in [0.1, 0.15) is 46.6 Å². The largest absolute Gasteiger partial charge is 0.368 e. The summed E-state index contributed by atoms with van der Waals surface area (Å²) in [5.74, 6) is 0.0492. The zero-order valence-corrected chi connectivity index (χ0v) is 19.0. The predicted molar refractivity (Wildman–Crippen MR) is 126 cm³/mol. The number of anilines is 1. The van der Waals surface area contributed by atoms with Gasteiger partial charge in [-0.1, -0.05) is 37.3 Å². The molecule has 1 atom stereocenters. The first-order valence-electron chi connectivity index (χ1n) is 11.4. The maximum atomic E-state index is 13.5. The molecule has 33 heavy (non-hydrogen) atoms. The van der Waals surface area contributed by atoms with E-state index < -0.39 is 0 Å². The van der Waals surface area contributed by atoms with Crippen molar-refractivity contribution in [2.24, 2.45) is 0 Å². The van der Waals surface area contributed by atoms with Crippen molar-refractivity contribution in [3.05, 3.63) is 64.8 Å². The Bertz CT molecular complexity index is 1220. The molecule has 2 aromatic carbocycles. The number of rotatable bonds is 3. The van der Waals surface area contributed by atoms with Gasteiger partial charge in [-0.05, 0) is 35.9 Å². The Morgan fingerprint density at radius 1 is 1.06 bits per heavy atom. The van der Waals surface area contributed by atoms with E-state index in [2.05, 4.69) is 21.9 Å². The maximum absolute atomic E-state index is 13.5. The highest BCUT2D eigenvalue weighted by Gasteiger charge is 2.31. The normalized spacial score (nSPS) is 18.5. The van der Waals surface area contributed by atoms with E-state index >= 15 is 0 Å². The summed E-state index contributed by atoms with van der Waals surface area (Å²) in [5, 5.41) is 0.666. The van der Waals surface area contributed by atoms with Gasteiger partial charge in [0.1, 0.15) is 5.69 Å². The van der Waals surface area contributed by atoms with Gasteiger partial charge in [-0.2, -0.15) is 0 Å². The van der Waals surface area contributed by atoms with Gasteiger partial charge in [0, 0.05) is 44.5 Å². The number of nitrogens with two attached hydrogens (primary N) is 1. The van der Waals surface area contributed by atoms with Crippen LogP contribution in [-0.2, 0) is 17.9 Å². The number of carbonyl (C=O) groups is 2. The van der Waals surface area contributed by atoms with E-state index in [0.717, 1.165) is 29.8 Å². The Morgan fingerprint density at radius 2 is 1.79 bits per heavy atom. The summed E-state index contributed by atoms with van der Waals surface area (Å²) in [7, 11) is 2.06. The molecule has 8 heteroatoms. The Balaban J connectivity index is 1.54. The standard InChI is InChI=1S/C25H28N6O2/c1-3-22(32)31-11-10-29(2)15-21(31)16-8-9-20-19(12-16)23(28-25(26)27-20)24(33)30-13-17-6-4-5-7-18(17)14-30/h4-9,12,21H,3,10-11,13-15H2,1-2H3,(H2,26,27,28). The highest BCUT2D eigenvalue weighted by Crippen LogP contribution is 2.31. The van der Waals surface area contributed by atoms with E-state index in [1.54, 1.807) is 4.90 Å². The fraction of sp³-hybridized carbons (Fsp3) is 0.360. The van der Waals surface area contributed by atoms with Crippen molar-refractivity contribution in [2.75, 3.05) is 32.4 Å². The van der Waals surface area contributed by atoms with Crippen LogP contribution in [0.2, 0.25) is 0 Å². The number of hydrogen-bond acceptors (Lipinski definition) is 6. The van der Waals surface area contributed by atoms with Crippen LogP contribution in [0.4, 0.5) is 5.95 Å². The lowest BCUT2D eigenvalue weighted by Gasteiger charge is -2.40. The van der Waals surface area contributed by atoms with E-state index in [1.807, 2.05) is 54.3 Å². The molecule has 1 aromatic heterocycles. The zero-order valence-electron chi connectivity index (χ0n) is 19.0. The van der Waals surface area contributed by atoms with Crippen LogP contribution < -0.4 is 5.73 Å². The van der Waals surface area contributed by atoms with Crippen LogP contribution >= 0.6 is 0 Å². The van der Waals surface area contributed by atoms with Crippen molar-refractivity contribution in [1.82, 2.24) is 24.7 Å². The van der Waals surface area contributed by atoms with Crippen molar-refractivity contribution >= 4 is 28.7 Å². The van der Waals surface area contributed by atoms with Crippen LogP contribution in [0.25, 0.3) is 10.9 Å². The third-order valence-electron chi connectivity index (χ3n) is 6.66. The summed E-state index contributed by atoms with van der Waals surface area (Å²) >= 11 is 0. The first-order valence-corrected chi connectivity index (χ1v) is 11.4. The molecule has 1 fully saturated rings. The minimum Gasteiger partial charge on any atom is -0.368 e. The molecule has 2 amide bonds. The van der Waals surface area contributed by atoms with Gasteiger partial charge in [-0.25, -0.2) is 9.97 Å². The van der Waals surface area contributed by atoms with E-state index in [9.17, 15) is 9.59 Å². The van der Waals surface area contributed by atoms with Crippen LogP contribution in [0.3, 0.4) is 0 Å². The smallest absolute Gasteiger partial charge is 0.273 e. The number of nitrogens with zero attached hydrogens (tertiary/aromatic N) is 5. The second-order valence-electron chi connectivity index (χ2n) is 8.86. The van der Waals surface area contributed by atoms with Crippen LogP contribution in [0, 0.1) is 0 Å². The van der Waals surface area contributed by atoms with E-state index in [4.69, 9.17) is 5.73 Å². The average molecular weight is 445 g/mol. The van der Waals surface area contributed by atoms with Crippen LogP contribution in [-0.4, -0.2) is 63.2 Å². The number of fused-ring (bicyclic) bond motifs is 2. The molecule has 3 heterocycles. The lowest BCUT2D eigenvalue weighted by molar-refractivity contribution is -0.135. The molecule has 0 bridgehead atoms. The molecule has 1 saturated heterocycles. The molecular formula is C25H28N6O2. The average Bonchev–Trinajstić information content (AvgIpc) is 3.26. The summed E-state index contributed by atoms with van der Waals surface area (Å²) < 4.78 is 0. The Labute approximate surface area is 193 Å². The lowest BCUT2D eigenvalue weighted by atomic mass is 9.99. The highest BCUT2D eigenvalue weighted by atomic mass is 16.2. The van der Waals surface area contributed by atoms with Crippen molar-refractivity contribution in [2.45, 2.75) is 32.5 Å². The molecule has 2 N–H and O–H groups in total. The Kier molecular flexibility index (Phi) is 5.46. The Hall–Kier alpha value is -3.52. The summed E-state index contributed by atoms with van der Waals surface area (Å²) in [4.78, 5) is 40.9. The third kappa shape index (κ3) is 3.91. The second kappa shape index (κ2) is 8.44. The number of benzene rings is 2. The number of nitrogen functional groups attached to an aromatic ring is 1. The van der Waals surface area contributed by atoms with Crippen molar-refractivity contribution in [1.29, 1.82) is 0 Å². The van der Waals surface area contributed by atoms with Gasteiger partial charge in [-0.3, -0.25) is 9.59 Å². The summed E-state index contributed by atoms with van der Waals surface area (Å²) in [6.07, 6.45) is 0.465. The van der Waals surface area contributed by atoms with E-state index in [-0.39, 0.29) is 23.8 Å². The topological polar surface area (TPSA) is 95.7 Å². The molecule has 0 radical (unpaired) electrons. The summed E-state index contributed by atoms with van der Waals surface area (Å²) in [5.41, 5.74) is 10.2. The molecule has 3 aromatic rings. The first kappa shape index (κ1) is 21.3. The number of hydrogen-bond donors (Lipinski definition) is 1. The molecule has 8 nitrogen and oxygen atoms in total. The van der Waals surface area contributed by atoms with Crippen LogP contribution in [0.5, 0.6) is 0 Å². The minimum atomic E-state index is -0.162. The lowest BCUT2D eigenvalue weighted by Crippen LogP contribution is -2.49.